The molecular weight excluding hydrogens is 456 g/mol. The summed E-state index contributed by atoms with van der Waals surface area (Å²) >= 11 is 21.4. The molecule has 0 fully saturated rings. The maximum absolute atomic E-state index is 6.03. The van der Waals surface area contributed by atoms with Crippen molar-refractivity contribution in [2.75, 3.05) is 5.32 Å². The Kier molecular flexibility index (Phi) is 6.71. The molecule has 1 N–H and O–H groups in total. The van der Waals surface area contributed by atoms with E-state index in [4.69, 9.17) is 39.5 Å². The molecular formula is C20H15BrCl3NO. The molecule has 0 saturated heterocycles. The van der Waals surface area contributed by atoms with Crippen molar-refractivity contribution in [3.63, 3.8) is 0 Å². The molecule has 0 radical (unpaired) electrons. The Labute approximate surface area is 176 Å². The fraction of sp³-hybridized carbons (Fsp3) is 0.100. The number of nitrogens with one attached hydrogen (secondary N) is 1. The highest BCUT2D eigenvalue weighted by Crippen LogP contribution is 2.28. The molecule has 3 aromatic carbocycles. The lowest BCUT2D eigenvalue weighted by atomic mass is 10.2. The lowest BCUT2D eigenvalue weighted by Gasteiger charge is -2.11. The fourth-order valence-corrected chi connectivity index (χ4v) is 3.29. The van der Waals surface area contributed by atoms with Gasteiger partial charge in [-0.05, 0) is 69.5 Å². The third-order valence-electron chi connectivity index (χ3n) is 3.72. The van der Waals surface area contributed by atoms with Crippen LogP contribution in [0.3, 0.4) is 0 Å². The number of halogens is 4. The lowest BCUT2D eigenvalue weighted by Crippen LogP contribution is -2.00. The minimum atomic E-state index is 0.483. The molecule has 2 nitrogen and oxygen atoms in total. The molecule has 0 amide bonds. The first-order chi connectivity index (χ1) is 12.5. The predicted molar refractivity (Wildman–Crippen MR) is 114 cm³/mol. The van der Waals surface area contributed by atoms with E-state index in [2.05, 4.69) is 21.2 Å². The van der Waals surface area contributed by atoms with E-state index in [9.17, 15) is 0 Å². The summed E-state index contributed by atoms with van der Waals surface area (Å²) < 4.78 is 6.77. The van der Waals surface area contributed by atoms with E-state index in [0.717, 1.165) is 27.0 Å². The van der Waals surface area contributed by atoms with Gasteiger partial charge in [0.2, 0.25) is 0 Å². The first-order valence-electron chi connectivity index (χ1n) is 7.86. The van der Waals surface area contributed by atoms with Crippen molar-refractivity contribution in [2.24, 2.45) is 0 Å². The molecule has 0 spiro atoms. The summed E-state index contributed by atoms with van der Waals surface area (Å²) in [6.07, 6.45) is 0. The van der Waals surface area contributed by atoms with Crippen molar-refractivity contribution in [1.82, 2.24) is 0 Å². The van der Waals surface area contributed by atoms with Crippen molar-refractivity contribution >= 4 is 56.4 Å². The van der Waals surface area contributed by atoms with Gasteiger partial charge >= 0.3 is 0 Å². The van der Waals surface area contributed by atoms with Gasteiger partial charge in [0, 0.05) is 17.3 Å². The molecule has 0 bridgehead atoms. The molecule has 0 aliphatic carbocycles. The highest BCUT2D eigenvalue weighted by atomic mass is 79.9. The van der Waals surface area contributed by atoms with Gasteiger partial charge in [-0.1, -0.05) is 53.0 Å². The van der Waals surface area contributed by atoms with Crippen LogP contribution in [0, 0.1) is 0 Å². The fourth-order valence-electron chi connectivity index (χ4n) is 2.32. The maximum Gasteiger partial charge on any atom is 0.134 e. The van der Waals surface area contributed by atoms with Crippen LogP contribution >= 0.6 is 50.7 Å². The van der Waals surface area contributed by atoms with Gasteiger partial charge in [0.1, 0.15) is 12.4 Å². The van der Waals surface area contributed by atoms with E-state index >= 15 is 0 Å². The minimum absolute atomic E-state index is 0.483. The topological polar surface area (TPSA) is 21.3 Å². The quantitative estimate of drug-likeness (QED) is 0.400. The van der Waals surface area contributed by atoms with Crippen LogP contribution in [-0.2, 0) is 13.2 Å². The monoisotopic (exact) mass is 469 g/mol. The Morgan fingerprint density at radius 3 is 2.23 bits per heavy atom. The molecule has 0 atom stereocenters. The van der Waals surface area contributed by atoms with E-state index in [1.807, 2.05) is 54.6 Å². The van der Waals surface area contributed by atoms with Gasteiger partial charge in [-0.3, -0.25) is 0 Å². The van der Waals surface area contributed by atoms with Gasteiger partial charge in [0.25, 0.3) is 0 Å². The van der Waals surface area contributed by atoms with Crippen molar-refractivity contribution in [3.05, 3.63) is 91.3 Å². The Balaban J connectivity index is 1.59. The van der Waals surface area contributed by atoms with Crippen molar-refractivity contribution < 1.29 is 4.74 Å². The number of hydrogen-bond donors (Lipinski definition) is 1. The van der Waals surface area contributed by atoms with Gasteiger partial charge in [-0.15, -0.1) is 0 Å². The molecule has 134 valence electrons. The van der Waals surface area contributed by atoms with Gasteiger partial charge in [0.05, 0.1) is 14.5 Å². The van der Waals surface area contributed by atoms with E-state index in [1.165, 1.54) is 0 Å². The first-order valence-corrected chi connectivity index (χ1v) is 9.78. The van der Waals surface area contributed by atoms with Crippen molar-refractivity contribution in [2.45, 2.75) is 13.2 Å². The highest BCUT2D eigenvalue weighted by Gasteiger charge is 2.05. The summed E-state index contributed by atoms with van der Waals surface area (Å²) in [5.74, 6) is 0.790. The largest absolute Gasteiger partial charge is 0.488 e. The zero-order valence-corrected chi connectivity index (χ0v) is 17.5. The third kappa shape index (κ3) is 5.31. The molecule has 3 aromatic rings. The number of anilines is 1. The van der Waals surface area contributed by atoms with Gasteiger partial charge < -0.3 is 10.1 Å². The number of benzene rings is 3. The van der Waals surface area contributed by atoms with E-state index in [0.29, 0.717) is 28.2 Å². The summed E-state index contributed by atoms with van der Waals surface area (Å²) in [5.41, 5.74) is 3.09. The molecule has 3 rings (SSSR count). The van der Waals surface area contributed by atoms with Crippen LogP contribution < -0.4 is 10.1 Å². The Morgan fingerprint density at radius 1 is 0.808 bits per heavy atom. The molecule has 0 saturated carbocycles. The zero-order valence-electron chi connectivity index (χ0n) is 13.6. The van der Waals surface area contributed by atoms with Crippen molar-refractivity contribution in [3.8, 4) is 5.75 Å². The Hall–Kier alpha value is -1.39. The molecule has 26 heavy (non-hydrogen) atoms. The second-order valence-electron chi connectivity index (χ2n) is 5.66. The lowest BCUT2D eigenvalue weighted by molar-refractivity contribution is 0.304. The van der Waals surface area contributed by atoms with Crippen LogP contribution in [0.1, 0.15) is 11.1 Å². The second-order valence-corrected chi connectivity index (χ2v) is 7.77. The van der Waals surface area contributed by atoms with Crippen LogP contribution in [0.15, 0.2) is 65.1 Å². The normalized spacial score (nSPS) is 10.6. The molecule has 6 heteroatoms. The summed E-state index contributed by atoms with van der Waals surface area (Å²) in [5, 5.41) is 5.11. The molecule has 0 unspecified atom stereocenters. The molecule has 0 aromatic heterocycles. The number of ether oxygens (including phenoxy) is 1. The van der Waals surface area contributed by atoms with Crippen LogP contribution in [0.25, 0.3) is 0 Å². The average molecular weight is 472 g/mol. The predicted octanol–water partition coefficient (Wildman–Crippen LogP) is 7.60. The van der Waals surface area contributed by atoms with Crippen LogP contribution in [0.2, 0.25) is 15.1 Å². The van der Waals surface area contributed by atoms with Gasteiger partial charge in [-0.25, -0.2) is 0 Å². The zero-order chi connectivity index (χ0) is 18.5. The van der Waals surface area contributed by atoms with E-state index < -0.39 is 0 Å². The molecule has 0 aliphatic heterocycles. The summed E-state index contributed by atoms with van der Waals surface area (Å²) in [6.45, 7) is 1.14. The summed E-state index contributed by atoms with van der Waals surface area (Å²) in [6, 6.07) is 19.1. The smallest absolute Gasteiger partial charge is 0.134 e. The van der Waals surface area contributed by atoms with E-state index in [1.54, 1.807) is 6.07 Å². The van der Waals surface area contributed by atoms with Crippen molar-refractivity contribution in [1.29, 1.82) is 0 Å². The number of rotatable bonds is 6. The second kappa shape index (κ2) is 9.01. The van der Waals surface area contributed by atoms with Crippen LogP contribution in [0.5, 0.6) is 5.75 Å². The number of hydrogen-bond acceptors (Lipinski definition) is 2. The molecule has 0 aliphatic rings. The van der Waals surface area contributed by atoms with Gasteiger partial charge in [-0.2, -0.15) is 0 Å². The van der Waals surface area contributed by atoms with Crippen LogP contribution in [0.4, 0.5) is 5.69 Å². The standard InChI is InChI=1S/C20H15BrCl3NO/c21-17-9-14(11-25-16-6-7-18(23)19(24)10-16)3-8-20(17)26-12-13-1-4-15(22)5-2-13/h1-10,25H,11-12H2. The van der Waals surface area contributed by atoms with E-state index in [-0.39, 0.29) is 0 Å². The van der Waals surface area contributed by atoms with Gasteiger partial charge in [0.15, 0.2) is 0 Å². The molecule has 0 heterocycles. The summed E-state index contributed by atoms with van der Waals surface area (Å²) in [4.78, 5) is 0. The van der Waals surface area contributed by atoms with Crippen LogP contribution in [-0.4, -0.2) is 0 Å². The maximum atomic E-state index is 6.03. The minimum Gasteiger partial charge on any atom is -0.488 e. The summed E-state index contributed by atoms with van der Waals surface area (Å²) in [7, 11) is 0. The highest BCUT2D eigenvalue weighted by molar-refractivity contribution is 9.10. The Morgan fingerprint density at radius 2 is 1.54 bits per heavy atom. The SMILES string of the molecule is Clc1ccc(COc2ccc(CNc3ccc(Cl)c(Cl)c3)cc2Br)cc1. The third-order valence-corrected chi connectivity index (χ3v) is 5.33. The first kappa shape index (κ1) is 19.4. The average Bonchev–Trinajstić information content (AvgIpc) is 2.63. The Bertz CT molecular complexity index is 900.